The van der Waals surface area contributed by atoms with E-state index in [-0.39, 0.29) is 11.5 Å². The van der Waals surface area contributed by atoms with Crippen molar-refractivity contribution < 1.29 is 23.0 Å². The Hall–Kier alpha value is -2.78. The van der Waals surface area contributed by atoms with Gasteiger partial charge in [-0.05, 0) is 86.3 Å². The molecule has 0 aliphatic carbocycles. The number of benzene rings is 3. The molecule has 4 nitrogen and oxygen atoms in total. The number of allylic oxidation sites excluding steroid dienone is 1. The fourth-order valence-corrected chi connectivity index (χ4v) is 3.92. The van der Waals surface area contributed by atoms with Crippen LogP contribution in [0.5, 0.6) is 17.2 Å². The highest BCUT2D eigenvalue weighted by molar-refractivity contribution is 9.11. The minimum absolute atomic E-state index is 0.132. The van der Waals surface area contributed by atoms with Crippen molar-refractivity contribution in [2.75, 3.05) is 0 Å². The first-order valence-corrected chi connectivity index (χ1v) is 11.7. The molecule has 3 rings (SSSR count). The Morgan fingerprint density at radius 2 is 1.62 bits per heavy atom. The quantitative estimate of drug-likeness (QED) is 0.248. The summed E-state index contributed by atoms with van der Waals surface area (Å²) in [6.45, 7) is 2.05. The van der Waals surface area contributed by atoms with Crippen molar-refractivity contribution in [3.8, 4) is 17.2 Å². The molecular weight excluding hydrogens is 577 g/mol. The molecule has 3 aromatic carbocycles. The van der Waals surface area contributed by atoms with Gasteiger partial charge in [-0.3, -0.25) is 0 Å². The summed E-state index contributed by atoms with van der Waals surface area (Å²) in [5.74, 6) is 0.735. The van der Waals surface area contributed by atoms with Crippen LogP contribution in [0, 0.1) is 5.41 Å². The summed E-state index contributed by atoms with van der Waals surface area (Å²) in [5.41, 5.74) is 7.38. The monoisotopic (exact) mass is 598 g/mol. The highest BCUT2D eigenvalue weighted by Gasteiger charge is 2.30. The van der Waals surface area contributed by atoms with E-state index in [9.17, 15) is 18.3 Å². The van der Waals surface area contributed by atoms with E-state index in [2.05, 4.69) is 38.8 Å². The molecule has 9 heteroatoms. The Morgan fingerprint density at radius 1 is 1.03 bits per heavy atom. The Balaban J connectivity index is 0.000000310. The standard InChI is InChI=1S/C18H18F3NO.C7H5Br2NO/c1-2-3-10-17(22)13-6-4-8-15(11-13)23-16-9-5-7-14(12-16)18(19,20)21;8-5-1-4(3-10)2-6(9)7(5)11/h4-12H,2-3,22H2,1H3;1-3,10-11H/b17-10+;. The molecule has 0 atom stereocenters. The molecule has 3 aromatic rings. The third-order valence-corrected chi connectivity index (χ3v) is 5.63. The lowest BCUT2D eigenvalue weighted by molar-refractivity contribution is -0.137. The van der Waals surface area contributed by atoms with E-state index in [1.807, 2.05) is 12.1 Å². The molecule has 0 heterocycles. The van der Waals surface area contributed by atoms with Crippen molar-refractivity contribution in [2.24, 2.45) is 5.73 Å². The minimum atomic E-state index is -4.39. The van der Waals surface area contributed by atoms with E-state index < -0.39 is 11.7 Å². The molecule has 0 aliphatic heterocycles. The van der Waals surface area contributed by atoms with Crippen molar-refractivity contribution in [1.82, 2.24) is 0 Å². The molecule has 0 spiro atoms. The van der Waals surface area contributed by atoms with Crippen LogP contribution in [0.15, 0.2) is 75.7 Å². The zero-order chi connectivity index (χ0) is 25.3. The lowest BCUT2D eigenvalue weighted by atomic mass is 10.1. The van der Waals surface area contributed by atoms with Crippen molar-refractivity contribution in [1.29, 1.82) is 5.41 Å². The SMILES string of the molecule is CCC/C=C(/N)c1cccc(Oc2cccc(C(F)(F)F)c2)c1.N=Cc1cc(Br)c(O)c(Br)c1. The van der Waals surface area contributed by atoms with E-state index >= 15 is 0 Å². The maximum atomic E-state index is 12.7. The number of alkyl halides is 3. The number of aromatic hydroxyl groups is 1. The number of ether oxygens (including phenoxy) is 1. The van der Waals surface area contributed by atoms with Gasteiger partial charge >= 0.3 is 6.18 Å². The Bertz CT molecular complexity index is 1140. The molecule has 0 aliphatic rings. The summed E-state index contributed by atoms with van der Waals surface area (Å²) in [4.78, 5) is 0. The van der Waals surface area contributed by atoms with Gasteiger partial charge < -0.3 is 21.0 Å². The summed E-state index contributed by atoms with van der Waals surface area (Å²) in [5, 5.41) is 16.2. The zero-order valence-electron chi connectivity index (χ0n) is 18.2. The number of nitrogens with one attached hydrogen (secondary N) is 1. The third-order valence-electron chi connectivity index (χ3n) is 4.42. The average Bonchev–Trinajstić information content (AvgIpc) is 2.81. The van der Waals surface area contributed by atoms with Crippen LogP contribution in [-0.4, -0.2) is 11.3 Å². The van der Waals surface area contributed by atoms with Gasteiger partial charge in [0.1, 0.15) is 17.2 Å². The number of hydrogen-bond acceptors (Lipinski definition) is 4. The Labute approximate surface area is 213 Å². The second-order valence-electron chi connectivity index (χ2n) is 7.08. The number of unbranched alkanes of at least 4 members (excludes halogenated alkanes) is 1. The highest BCUT2D eigenvalue weighted by Crippen LogP contribution is 2.34. The molecular formula is C25H23Br2F3N2O2. The molecule has 0 radical (unpaired) electrons. The van der Waals surface area contributed by atoms with E-state index in [1.165, 1.54) is 18.3 Å². The molecule has 180 valence electrons. The number of rotatable bonds is 6. The maximum Gasteiger partial charge on any atom is 0.416 e. The number of nitrogens with two attached hydrogens (primary N) is 1. The first-order chi connectivity index (χ1) is 16.0. The van der Waals surface area contributed by atoms with Gasteiger partial charge in [0, 0.05) is 17.5 Å². The number of phenolic OH excluding ortho intramolecular Hbond substituents is 1. The zero-order valence-corrected chi connectivity index (χ0v) is 21.3. The Morgan fingerprint density at radius 3 is 2.18 bits per heavy atom. The topological polar surface area (TPSA) is 79.3 Å². The Kier molecular flexibility index (Phi) is 10.2. The van der Waals surface area contributed by atoms with Crippen LogP contribution in [0.2, 0.25) is 0 Å². The number of halogens is 5. The van der Waals surface area contributed by atoms with E-state index in [0.717, 1.165) is 36.1 Å². The predicted octanol–water partition coefficient (Wildman–Crippen LogP) is 8.51. The summed E-state index contributed by atoms with van der Waals surface area (Å²) >= 11 is 6.31. The van der Waals surface area contributed by atoms with Gasteiger partial charge in [0.2, 0.25) is 0 Å². The van der Waals surface area contributed by atoms with Gasteiger partial charge in [0.05, 0.1) is 14.5 Å². The van der Waals surface area contributed by atoms with Crippen LogP contribution in [0.4, 0.5) is 13.2 Å². The summed E-state index contributed by atoms with van der Waals surface area (Å²) < 4.78 is 44.8. The first-order valence-electron chi connectivity index (χ1n) is 10.1. The molecule has 34 heavy (non-hydrogen) atoms. The lowest BCUT2D eigenvalue weighted by Gasteiger charge is -2.11. The van der Waals surface area contributed by atoms with Gasteiger partial charge in [-0.2, -0.15) is 13.2 Å². The first kappa shape index (κ1) is 27.5. The molecule has 4 N–H and O–H groups in total. The number of phenols is 1. The lowest BCUT2D eigenvalue weighted by Crippen LogP contribution is -2.04. The van der Waals surface area contributed by atoms with E-state index in [1.54, 1.807) is 30.3 Å². The highest BCUT2D eigenvalue weighted by atomic mass is 79.9. The van der Waals surface area contributed by atoms with Crippen molar-refractivity contribution in [3.05, 3.63) is 92.4 Å². The molecule has 0 bridgehead atoms. The van der Waals surface area contributed by atoms with E-state index in [0.29, 0.717) is 20.4 Å². The van der Waals surface area contributed by atoms with Crippen molar-refractivity contribution in [3.63, 3.8) is 0 Å². The van der Waals surface area contributed by atoms with Crippen molar-refractivity contribution >= 4 is 43.8 Å². The van der Waals surface area contributed by atoms with Crippen LogP contribution in [0.3, 0.4) is 0 Å². The van der Waals surface area contributed by atoms with Crippen LogP contribution < -0.4 is 10.5 Å². The summed E-state index contributed by atoms with van der Waals surface area (Å²) in [7, 11) is 0. The molecule has 0 aromatic heterocycles. The van der Waals surface area contributed by atoms with Crippen molar-refractivity contribution in [2.45, 2.75) is 25.9 Å². The van der Waals surface area contributed by atoms with Gasteiger partial charge in [-0.15, -0.1) is 0 Å². The molecule has 0 unspecified atom stereocenters. The summed E-state index contributed by atoms with van der Waals surface area (Å²) in [6, 6.07) is 15.1. The van der Waals surface area contributed by atoms with Crippen LogP contribution in [0.1, 0.15) is 36.5 Å². The van der Waals surface area contributed by atoms with Gasteiger partial charge in [0.15, 0.2) is 0 Å². The van der Waals surface area contributed by atoms with Gasteiger partial charge in [0.25, 0.3) is 0 Å². The smallest absolute Gasteiger partial charge is 0.416 e. The minimum Gasteiger partial charge on any atom is -0.506 e. The average molecular weight is 600 g/mol. The molecule has 0 saturated carbocycles. The van der Waals surface area contributed by atoms with E-state index in [4.69, 9.17) is 15.9 Å². The second-order valence-corrected chi connectivity index (χ2v) is 8.79. The predicted molar refractivity (Wildman–Crippen MR) is 136 cm³/mol. The normalized spacial score (nSPS) is 11.4. The largest absolute Gasteiger partial charge is 0.506 e. The van der Waals surface area contributed by atoms with Crippen LogP contribution >= 0.6 is 31.9 Å². The molecule has 0 amide bonds. The maximum absolute atomic E-state index is 12.7. The fourth-order valence-electron chi connectivity index (χ4n) is 2.70. The molecule has 0 saturated heterocycles. The third kappa shape index (κ3) is 8.22. The van der Waals surface area contributed by atoms with Crippen LogP contribution in [-0.2, 0) is 6.18 Å². The molecule has 0 fully saturated rings. The van der Waals surface area contributed by atoms with Gasteiger partial charge in [-0.25, -0.2) is 0 Å². The summed E-state index contributed by atoms with van der Waals surface area (Å²) in [6.07, 6.45) is 0.596. The van der Waals surface area contributed by atoms with Gasteiger partial charge in [-0.1, -0.05) is 37.6 Å². The number of hydrogen-bond donors (Lipinski definition) is 3. The fraction of sp³-hybridized carbons (Fsp3) is 0.160. The second kappa shape index (κ2) is 12.6. The van der Waals surface area contributed by atoms with Crippen LogP contribution in [0.25, 0.3) is 5.70 Å².